The number of amides is 1. The molecule has 1 aliphatic rings. The van der Waals surface area contributed by atoms with Gasteiger partial charge in [0.05, 0.1) is 25.5 Å². The van der Waals surface area contributed by atoms with Crippen LogP contribution in [-0.4, -0.2) is 46.6 Å². The molecule has 0 fully saturated rings. The second kappa shape index (κ2) is 10.4. The molecule has 2 aromatic heterocycles. The molecular weight excluding hydrogens is 460 g/mol. The summed E-state index contributed by atoms with van der Waals surface area (Å²) < 4.78 is 12.2. The molecule has 0 saturated carbocycles. The third-order valence-electron chi connectivity index (χ3n) is 5.53. The van der Waals surface area contributed by atoms with Crippen LogP contribution in [0.4, 0.5) is 5.00 Å². The highest BCUT2D eigenvalue weighted by molar-refractivity contribution is 7.99. The summed E-state index contributed by atoms with van der Waals surface area (Å²) in [6.07, 6.45) is 3.91. The normalized spacial score (nSPS) is 12.8. The van der Waals surface area contributed by atoms with Crippen LogP contribution in [0.15, 0.2) is 29.4 Å². The number of ether oxygens (including phenoxy) is 2. The summed E-state index contributed by atoms with van der Waals surface area (Å²) in [5.74, 6) is 1.08. The summed E-state index contributed by atoms with van der Waals surface area (Å²) in [7, 11) is 3.00. The monoisotopic (exact) mass is 486 g/mol. The molecule has 0 spiro atoms. The first kappa shape index (κ1) is 23.3. The van der Waals surface area contributed by atoms with E-state index in [0.29, 0.717) is 22.3 Å². The van der Waals surface area contributed by atoms with E-state index in [1.807, 2.05) is 35.8 Å². The molecule has 1 amide bonds. The lowest BCUT2D eigenvalue weighted by Crippen LogP contribution is -2.17. The Bertz CT molecular complexity index is 1150. The van der Waals surface area contributed by atoms with Gasteiger partial charge in [0.25, 0.3) is 0 Å². The van der Waals surface area contributed by atoms with Crippen LogP contribution >= 0.6 is 23.1 Å². The third kappa shape index (κ3) is 4.91. The number of nitrogens with zero attached hydrogens (tertiary/aromatic N) is 3. The van der Waals surface area contributed by atoms with Crippen LogP contribution in [0, 0.1) is 0 Å². The maximum absolute atomic E-state index is 12.8. The number of benzene rings is 1. The zero-order valence-electron chi connectivity index (χ0n) is 18.8. The number of carbonyl (C=O) groups excluding carboxylic acids is 2. The SMILES string of the molecule is CCn1c(SCC(=O)Nc2sc3c(c2C(=O)OC)CCCC3)nnc1-c1ccc(OC)cc1. The predicted molar refractivity (Wildman–Crippen MR) is 129 cm³/mol. The summed E-state index contributed by atoms with van der Waals surface area (Å²) in [5.41, 5.74) is 2.46. The Balaban J connectivity index is 1.47. The summed E-state index contributed by atoms with van der Waals surface area (Å²) >= 11 is 2.80. The molecule has 2 heterocycles. The highest BCUT2D eigenvalue weighted by Crippen LogP contribution is 2.38. The van der Waals surface area contributed by atoms with Gasteiger partial charge in [0.15, 0.2) is 11.0 Å². The van der Waals surface area contributed by atoms with Crippen molar-refractivity contribution in [2.24, 2.45) is 0 Å². The van der Waals surface area contributed by atoms with Gasteiger partial charge < -0.3 is 19.4 Å². The second-order valence-electron chi connectivity index (χ2n) is 7.52. The van der Waals surface area contributed by atoms with Crippen molar-refractivity contribution in [3.05, 3.63) is 40.3 Å². The molecule has 0 saturated heterocycles. The smallest absolute Gasteiger partial charge is 0.341 e. The number of esters is 1. The second-order valence-corrected chi connectivity index (χ2v) is 9.57. The van der Waals surface area contributed by atoms with Gasteiger partial charge in [0.1, 0.15) is 10.8 Å². The topological polar surface area (TPSA) is 95.3 Å². The van der Waals surface area contributed by atoms with Crippen LogP contribution in [0.5, 0.6) is 5.75 Å². The molecular formula is C23H26N4O4S2. The van der Waals surface area contributed by atoms with E-state index in [1.54, 1.807) is 7.11 Å². The molecule has 33 heavy (non-hydrogen) atoms. The van der Waals surface area contributed by atoms with Crippen LogP contribution in [0.2, 0.25) is 0 Å². The van der Waals surface area contributed by atoms with E-state index in [0.717, 1.165) is 48.4 Å². The number of hydrogen-bond acceptors (Lipinski definition) is 8. The van der Waals surface area contributed by atoms with E-state index < -0.39 is 5.97 Å². The zero-order chi connectivity index (χ0) is 23.4. The maximum Gasteiger partial charge on any atom is 0.341 e. The van der Waals surface area contributed by atoms with Gasteiger partial charge in [-0.15, -0.1) is 21.5 Å². The maximum atomic E-state index is 12.8. The van der Waals surface area contributed by atoms with Gasteiger partial charge in [-0.3, -0.25) is 4.79 Å². The number of fused-ring (bicyclic) bond motifs is 1. The van der Waals surface area contributed by atoms with Gasteiger partial charge in [0.2, 0.25) is 5.91 Å². The van der Waals surface area contributed by atoms with Crippen LogP contribution in [0.3, 0.4) is 0 Å². The highest BCUT2D eigenvalue weighted by Gasteiger charge is 2.27. The molecule has 1 aliphatic carbocycles. The first-order valence-corrected chi connectivity index (χ1v) is 12.6. The molecule has 10 heteroatoms. The van der Waals surface area contributed by atoms with Crippen molar-refractivity contribution in [3.63, 3.8) is 0 Å². The van der Waals surface area contributed by atoms with Gasteiger partial charge in [-0.2, -0.15) is 0 Å². The molecule has 1 N–H and O–H groups in total. The zero-order valence-corrected chi connectivity index (χ0v) is 20.5. The molecule has 0 unspecified atom stereocenters. The minimum Gasteiger partial charge on any atom is -0.497 e. The molecule has 0 bridgehead atoms. The van der Waals surface area contributed by atoms with Crippen molar-refractivity contribution in [2.75, 3.05) is 25.3 Å². The Morgan fingerprint density at radius 1 is 1.15 bits per heavy atom. The average molecular weight is 487 g/mol. The molecule has 3 aromatic rings. The number of aromatic nitrogens is 3. The lowest BCUT2D eigenvalue weighted by atomic mass is 9.95. The predicted octanol–water partition coefficient (Wildman–Crippen LogP) is 4.43. The van der Waals surface area contributed by atoms with Crippen LogP contribution < -0.4 is 10.1 Å². The molecule has 1 aromatic carbocycles. The quantitative estimate of drug-likeness (QED) is 0.372. The van der Waals surface area contributed by atoms with Crippen LogP contribution in [-0.2, 0) is 28.9 Å². The Labute approximate surface area is 200 Å². The van der Waals surface area contributed by atoms with Gasteiger partial charge in [-0.25, -0.2) is 4.79 Å². The van der Waals surface area contributed by atoms with Gasteiger partial charge in [0, 0.05) is 17.0 Å². The van der Waals surface area contributed by atoms with E-state index in [-0.39, 0.29) is 11.7 Å². The first-order chi connectivity index (χ1) is 16.0. The van der Waals surface area contributed by atoms with Crippen molar-refractivity contribution in [2.45, 2.75) is 44.3 Å². The van der Waals surface area contributed by atoms with Crippen molar-refractivity contribution < 1.29 is 19.1 Å². The van der Waals surface area contributed by atoms with Gasteiger partial charge in [-0.1, -0.05) is 11.8 Å². The third-order valence-corrected chi connectivity index (χ3v) is 7.70. The number of hydrogen-bond donors (Lipinski definition) is 1. The molecule has 174 valence electrons. The van der Waals surface area contributed by atoms with Gasteiger partial charge >= 0.3 is 5.97 Å². The number of carbonyl (C=O) groups is 2. The summed E-state index contributed by atoms with van der Waals surface area (Å²) in [4.78, 5) is 26.3. The summed E-state index contributed by atoms with van der Waals surface area (Å²) in [5, 5.41) is 12.8. The number of thiophene rings is 1. The van der Waals surface area contributed by atoms with Crippen molar-refractivity contribution in [1.82, 2.24) is 14.8 Å². The van der Waals surface area contributed by atoms with E-state index in [4.69, 9.17) is 9.47 Å². The summed E-state index contributed by atoms with van der Waals surface area (Å²) in [6, 6.07) is 7.62. The molecule has 0 radical (unpaired) electrons. The Morgan fingerprint density at radius 2 is 1.91 bits per heavy atom. The van der Waals surface area contributed by atoms with E-state index >= 15 is 0 Å². The standard InChI is InChI=1S/C23H26N4O4S2/c1-4-27-20(14-9-11-15(30-2)12-10-14)25-26-23(27)32-13-18(28)24-21-19(22(29)31-3)16-7-5-6-8-17(16)33-21/h9-12H,4-8,13H2,1-3H3,(H,24,28). The van der Waals surface area contributed by atoms with Gasteiger partial charge in [-0.05, 0) is 62.4 Å². The summed E-state index contributed by atoms with van der Waals surface area (Å²) in [6.45, 7) is 2.68. The number of anilines is 1. The van der Waals surface area contributed by atoms with E-state index in [9.17, 15) is 9.59 Å². The highest BCUT2D eigenvalue weighted by atomic mass is 32.2. The van der Waals surface area contributed by atoms with E-state index in [1.165, 1.54) is 35.1 Å². The Morgan fingerprint density at radius 3 is 2.61 bits per heavy atom. The van der Waals surface area contributed by atoms with Crippen molar-refractivity contribution in [3.8, 4) is 17.1 Å². The van der Waals surface area contributed by atoms with Crippen LogP contribution in [0.25, 0.3) is 11.4 Å². The Hall–Kier alpha value is -2.85. The lowest BCUT2D eigenvalue weighted by Gasteiger charge is -2.11. The average Bonchev–Trinajstić information content (AvgIpc) is 3.42. The number of nitrogens with one attached hydrogen (secondary N) is 1. The number of thioether (sulfide) groups is 1. The fraction of sp³-hybridized carbons (Fsp3) is 0.391. The molecule has 8 nitrogen and oxygen atoms in total. The molecule has 0 aliphatic heterocycles. The Kier molecular flexibility index (Phi) is 7.34. The molecule has 4 rings (SSSR count). The minimum absolute atomic E-state index is 0.157. The fourth-order valence-electron chi connectivity index (χ4n) is 3.90. The number of methoxy groups -OCH3 is 2. The van der Waals surface area contributed by atoms with E-state index in [2.05, 4.69) is 15.5 Å². The first-order valence-electron chi connectivity index (χ1n) is 10.8. The lowest BCUT2D eigenvalue weighted by molar-refractivity contribution is -0.113. The molecule has 0 atom stereocenters. The van der Waals surface area contributed by atoms with Crippen molar-refractivity contribution in [1.29, 1.82) is 0 Å². The minimum atomic E-state index is -0.396. The van der Waals surface area contributed by atoms with Crippen molar-refractivity contribution >= 4 is 40.0 Å². The largest absolute Gasteiger partial charge is 0.497 e. The number of aryl methyl sites for hydroxylation is 1. The number of rotatable bonds is 8. The fourth-order valence-corrected chi connectivity index (χ4v) is 5.99. The van der Waals surface area contributed by atoms with Crippen LogP contribution in [0.1, 0.15) is 40.6 Å².